The average molecular weight is 161 g/mol. The number of hydrogen-bond donors (Lipinski definition) is 2. The third-order valence-corrected chi connectivity index (χ3v) is 1.60. The second-order valence-electron chi connectivity index (χ2n) is 3.02. The Bertz CT molecular complexity index is 84.1. The molecular formula is C8H19NO2. The van der Waals surface area contributed by atoms with Crippen LogP contribution in [0.3, 0.4) is 0 Å². The van der Waals surface area contributed by atoms with Crippen LogP contribution in [0.15, 0.2) is 0 Å². The van der Waals surface area contributed by atoms with Gasteiger partial charge in [0.25, 0.3) is 0 Å². The number of likely N-dealkylation sites (N-methyl/N-ethyl adjacent to an activating group) is 1. The van der Waals surface area contributed by atoms with Crippen LogP contribution in [0, 0.1) is 0 Å². The van der Waals surface area contributed by atoms with Crippen LogP contribution in [-0.4, -0.2) is 37.5 Å². The molecule has 1 unspecified atom stereocenters. The number of ether oxygens (including phenoxy) is 1. The minimum atomic E-state index is -0.633. The van der Waals surface area contributed by atoms with Crippen molar-refractivity contribution in [1.29, 1.82) is 0 Å². The molecule has 3 heteroatoms. The van der Waals surface area contributed by atoms with Gasteiger partial charge < -0.3 is 15.2 Å². The van der Waals surface area contributed by atoms with Crippen molar-refractivity contribution in [1.82, 2.24) is 5.32 Å². The van der Waals surface area contributed by atoms with Gasteiger partial charge in [-0.3, -0.25) is 0 Å². The summed E-state index contributed by atoms with van der Waals surface area (Å²) in [5, 5.41) is 12.7. The Kier molecular flexibility index (Phi) is 5.46. The maximum Gasteiger partial charge on any atom is 0.0765 e. The van der Waals surface area contributed by atoms with Crippen LogP contribution in [0.25, 0.3) is 0 Å². The minimum absolute atomic E-state index is 0.610. The molecule has 0 aliphatic heterocycles. The standard InChI is InChI=1S/C8H19NO2/c1-4-9-7-8(2,10)5-6-11-3/h9-10H,4-7H2,1-3H3. The van der Waals surface area contributed by atoms with Gasteiger partial charge in [-0.25, -0.2) is 0 Å². The summed E-state index contributed by atoms with van der Waals surface area (Å²) in [6.45, 7) is 5.97. The van der Waals surface area contributed by atoms with Gasteiger partial charge in [-0.05, 0) is 13.5 Å². The summed E-state index contributed by atoms with van der Waals surface area (Å²) in [5.74, 6) is 0. The van der Waals surface area contributed by atoms with Crippen LogP contribution in [0.5, 0.6) is 0 Å². The van der Waals surface area contributed by atoms with E-state index in [9.17, 15) is 5.11 Å². The molecular weight excluding hydrogens is 142 g/mol. The normalized spacial score (nSPS) is 16.4. The predicted molar refractivity (Wildman–Crippen MR) is 45.7 cm³/mol. The lowest BCUT2D eigenvalue weighted by Gasteiger charge is -2.22. The van der Waals surface area contributed by atoms with Gasteiger partial charge in [-0.2, -0.15) is 0 Å². The zero-order chi connectivity index (χ0) is 8.74. The van der Waals surface area contributed by atoms with Crippen molar-refractivity contribution >= 4 is 0 Å². The molecule has 0 aliphatic rings. The molecule has 0 spiro atoms. The van der Waals surface area contributed by atoms with Crippen LogP contribution in [0.4, 0.5) is 0 Å². The fourth-order valence-electron chi connectivity index (χ4n) is 0.805. The maximum absolute atomic E-state index is 9.63. The summed E-state index contributed by atoms with van der Waals surface area (Å²) in [4.78, 5) is 0. The average Bonchev–Trinajstić information content (AvgIpc) is 1.97. The molecule has 0 saturated heterocycles. The summed E-state index contributed by atoms with van der Waals surface area (Å²) in [6, 6.07) is 0. The van der Waals surface area contributed by atoms with Crippen molar-refractivity contribution in [2.75, 3.05) is 26.8 Å². The van der Waals surface area contributed by atoms with Gasteiger partial charge in [0.05, 0.1) is 5.60 Å². The van der Waals surface area contributed by atoms with Gasteiger partial charge in [0.2, 0.25) is 0 Å². The molecule has 0 saturated carbocycles. The monoisotopic (exact) mass is 161 g/mol. The highest BCUT2D eigenvalue weighted by molar-refractivity contribution is 4.74. The van der Waals surface area contributed by atoms with Crippen LogP contribution >= 0.6 is 0 Å². The van der Waals surface area contributed by atoms with Gasteiger partial charge in [0, 0.05) is 26.7 Å². The van der Waals surface area contributed by atoms with Crippen molar-refractivity contribution in [2.24, 2.45) is 0 Å². The highest BCUT2D eigenvalue weighted by atomic mass is 16.5. The SMILES string of the molecule is CCNCC(C)(O)CCOC. The molecule has 0 aromatic heterocycles. The molecule has 0 aromatic rings. The summed E-state index contributed by atoms with van der Waals surface area (Å²) in [7, 11) is 1.64. The largest absolute Gasteiger partial charge is 0.389 e. The fraction of sp³-hybridized carbons (Fsp3) is 1.00. The molecule has 11 heavy (non-hydrogen) atoms. The van der Waals surface area contributed by atoms with Gasteiger partial charge in [0.1, 0.15) is 0 Å². The molecule has 2 N–H and O–H groups in total. The minimum Gasteiger partial charge on any atom is -0.389 e. The first-order chi connectivity index (χ1) is 5.12. The highest BCUT2D eigenvalue weighted by Crippen LogP contribution is 2.06. The third-order valence-electron chi connectivity index (χ3n) is 1.60. The summed E-state index contributed by atoms with van der Waals surface area (Å²) in [5.41, 5.74) is -0.633. The van der Waals surface area contributed by atoms with E-state index in [2.05, 4.69) is 5.32 Å². The zero-order valence-electron chi connectivity index (χ0n) is 7.68. The zero-order valence-corrected chi connectivity index (χ0v) is 7.68. The molecule has 0 fully saturated rings. The van der Waals surface area contributed by atoms with Crippen molar-refractivity contribution < 1.29 is 9.84 Å². The molecule has 0 heterocycles. The maximum atomic E-state index is 9.63. The van der Waals surface area contributed by atoms with E-state index in [-0.39, 0.29) is 0 Å². The van der Waals surface area contributed by atoms with E-state index in [1.54, 1.807) is 7.11 Å². The van der Waals surface area contributed by atoms with E-state index in [1.807, 2.05) is 13.8 Å². The van der Waals surface area contributed by atoms with E-state index in [0.29, 0.717) is 19.6 Å². The number of hydrogen-bond acceptors (Lipinski definition) is 3. The lowest BCUT2D eigenvalue weighted by molar-refractivity contribution is 0.0254. The van der Waals surface area contributed by atoms with Gasteiger partial charge in [-0.15, -0.1) is 0 Å². The van der Waals surface area contributed by atoms with Crippen molar-refractivity contribution in [3.8, 4) is 0 Å². The Morgan fingerprint density at radius 3 is 2.64 bits per heavy atom. The Balaban J connectivity index is 3.43. The van der Waals surface area contributed by atoms with Gasteiger partial charge in [-0.1, -0.05) is 6.92 Å². The summed E-state index contributed by atoms with van der Waals surface area (Å²) in [6.07, 6.45) is 0.677. The predicted octanol–water partition coefficient (Wildman–Crippen LogP) is 0.383. The molecule has 0 aromatic carbocycles. The topological polar surface area (TPSA) is 41.5 Å². The lowest BCUT2D eigenvalue weighted by Crippen LogP contribution is -2.38. The third kappa shape index (κ3) is 6.28. The Morgan fingerprint density at radius 1 is 1.55 bits per heavy atom. The quantitative estimate of drug-likeness (QED) is 0.592. The molecule has 0 aliphatic carbocycles. The Hall–Kier alpha value is -0.120. The molecule has 0 amide bonds. The smallest absolute Gasteiger partial charge is 0.0765 e. The first-order valence-corrected chi connectivity index (χ1v) is 4.04. The second kappa shape index (κ2) is 5.52. The molecule has 0 radical (unpaired) electrons. The van der Waals surface area contributed by atoms with E-state index >= 15 is 0 Å². The fourth-order valence-corrected chi connectivity index (χ4v) is 0.805. The Labute approximate surface area is 68.8 Å². The first-order valence-electron chi connectivity index (χ1n) is 4.04. The van der Waals surface area contributed by atoms with Crippen LogP contribution in [-0.2, 0) is 4.74 Å². The van der Waals surface area contributed by atoms with Crippen molar-refractivity contribution in [2.45, 2.75) is 25.9 Å². The molecule has 0 bridgehead atoms. The number of nitrogens with one attached hydrogen (secondary N) is 1. The van der Waals surface area contributed by atoms with E-state index in [0.717, 1.165) is 6.54 Å². The van der Waals surface area contributed by atoms with Crippen LogP contribution in [0.1, 0.15) is 20.3 Å². The number of aliphatic hydroxyl groups is 1. The molecule has 68 valence electrons. The van der Waals surface area contributed by atoms with E-state index in [1.165, 1.54) is 0 Å². The van der Waals surface area contributed by atoms with E-state index < -0.39 is 5.60 Å². The van der Waals surface area contributed by atoms with Crippen LogP contribution < -0.4 is 5.32 Å². The van der Waals surface area contributed by atoms with Crippen molar-refractivity contribution in [3.63, 3.8) is 0 Å². The Morgan fingerprint density at radius 2 is 2.18 bits per heavy atom. The number of methoxy groups -OCH3 is 1. The second-order valence-corrected chi connectivity index (χ2v) is 3.02. The van der Waals surface area contributed by atoms with Crippen LogP contribution in [0.2, 0.25) is 0 Å². The lowest BCUT2D eigenvalue weighted by atomic mass is 10.0. The van der Waals surface area contributed by atoms with Gasteiger partial charge >= 0.3 is 0 Å². The highest BCUT2D eigenvalue weighted by Gasteiger charge is 2.18. The summed E-state index contributed by atoms with van der Waals surface area (Å²) < 4.78 is 4.87. The molecule has 0 rings (SSSR count). The number of rotatable bonds is 6. The summed E-state index contributed by atoms with van der Waals surface area (Å²) >= 11 is 0. The molecule has 3 nitrogen and oxygen atoms in total. The van der Waals surface area contributed by atoms with E-state index in [4.69, 9.17) is 4.74 Å². The first kappa shape index (κ1) is 10.9. The van der Waals surface area contributed by atoms with Crippen molar-refractivity contribution in [3.05, 3.63) is 0 Å². The molecule has 1 atom stereocenters. The van der Waals surface area contributed by atoms with Gasteiger partial charge in [0.15, 0.2) is 0 Å².